The summed E-state index contributed by atoms with van der Waals surface area (Å²) in [6, 6.07) is 19.0. The van der Waals surface area contributed by atoms with Crippen LogP contribution in [0.1, 0.15) is 12.6 Å². The van der Waals surface area contributed by atoms with Gasteiger partial charge in [0.05, 0.1) is 5.56 Å². The van der Waals surface area contributed by atoms with Gasteiger partial charge < -0.3 is 5.73 Å². The van der Waals surface area contributed by atoms with Crippen molar-refractivity contribution in [3.05, 3.63) is 81.7 Å². The Bertz CT molecular complexity index is 1260. The molecule has 0 radical (unpaired) electrons. The van der Waals surface area contributed by atoms with E-state index in [0.29, 0.717) is 28.5 Å². The van der Waals surface area contributed by atoms with E-state index < -0.39 is 0 Å². The molecule has 0 aliphatic heterocycles. The van der Waals surface area contributed by atoms with E-state index in [-0.39, 0.29) is 5.56 Å². The molecular weight excluding hydrogens is 370 g/mol. The summed E-state index contributed by atoms with van der Waals surface area (Å²) < 4.78 is 1.72. The fraction of sp³-hybridized carbons (Fsp3) is 0.130. The Balaban J connectivity index is 2.24. The first-order chi connectivity index (χ1) is 13.5. The second-order valence-corrected chi connectivity index (χ2v) is 7.20. The molecule has 0 atom stereocenters. The van der Waals surface area contributed by atoms with Gasteiger partial charge in [-0.25, -0.2) is 4.98 Å². The lowest BCUT2D eigenvalue weighted by Crippen LogP contribution is -2.23. The quantitative estimate of drug-likeness (QED) is 0.484. The molecule has 0 aliphatic carbocycles. The number of nitrogens with zero attached hydrogens (tertiary/aromatic N) is 2. The summed E-state index contributed by atoms with van der Waals surface area (Å²) in [6.07, 6.45) is 0. The van der Waals surface area contributed by atoms with E-state index in [1.807, 2.05) is 74.5 Å². The second-order valence-electron chi connectivity index (χ2n) is 6.76. The minimum atomic E-state index is -0.0892. The number of nitrogen functional groups attached to an aromatic ring is 1. The van der Waals surface area contributed by atoms with Gasteiger partial charge in [-0.3, -0.25) is 9.36 Å². The number of pyridine rings is 2. The Morgan fingerprint density at radius 1 is 1.00 bits per heavy atom. The fourth-order valence-corrected chi connectivity index (χ4v) is 3.81. The molecule has 0 unspecified atom stereocenters. The second kappa shape index (κ2) is 7.13. The van der Waals surface area contributed by atoms with Crippen molar-refractivity contribution in [2.45, 2.75) is 20.4 Å². The van der Waals surface area contributed by atoms with Crippen LogP contribution in [0.3, 0.4) is 0 Å². The van der Waals surface area contributed by atoms with Crippen LogP contribution in [-0.4, -0.2) is 9.55 Å². The van der Waals surface area contributed by atoms with Gasteiger partial charge >= 0.3 is 0 Å². The Morgan fingerprint density at radius 3 is 2.39 bits per heavy atom. The van der Waals surface area contributed by atoms with Gasteiger partial charge in [0, 0.05) is 33.9 Å². The number of fused-ring (bicyclic) bond motifs is 1. The summed E-state index contributed by atoms with van der Waals surface area (Å²) in [4.78, 5) is 18.2. The Morgan fingerprint density at radius 2 is 1.71 bits per heavy atom. The van der Waals surface area contributed by atoms with Crippen molar-refractivity contribution in [1.29, 1.82) is 0 Å². The standard InChI is InChI=1S/C23H20ClN3O/c1-3-27-22-19(11-10-14(2)26-22)20(15-6-4-8-17(24)12-15)21(23(27)28)16-7-5-9-18(25)13-16/h4-13H,3,25H2,1-2H3. The van der Waals surface area contributed by atoms with Gasteiger partial charge in [-0.2, -0.15) is 0 Å². The van der Waals surface area contributed by atoms with Gasteiger partial charge in [0.25, 0.3) is 5.56 Å². The number of hydrogen-bond acceptors (Lipinski definition) is 3. The zero-order valence-electron chi connectivity index (χ0n) is 15.7. The average molecular weight is 390 g/mol. The van der Waals surface area contributed by atoms with Crippen LogP contribution in [0.15, 0.2) is 65.5 Å². The fourth-order valence-electron chi connectivity index (χ4n) is 3.62. The van der Waals surface area contributed by atoms with E-state index in [2.05, 4.69) is 4.98 Å². The highest BCUT2D eigenvalue weighted by molar-refractivity contribution is 6.31. The largest absolute Gasteiger partial charge is 0.399 e. The van der Waals surface area contributed by atoms with Crippen LogP contribution in [-0.2, 0) is 6.54 Å². The molecule has 0 bridgehead atoms. The maximum absolute atomic E-state index is 13.6. The van der Waals surface area contributed by atoms with Crippen molar-refractivity contribution < 1.29 is 0 Å². The molecule has 2 N–H and O–H groups in total. The number of benzene rings is 2. The number of aromatic nitrogens is 2. The molecule has 0 saturated heterocycles. The summed E-state index contributed by atoms with van der Waals surface area (Å²) >= 11 is 6.27. The summed E-state index contributed by atoms with van der Waals surface area (Å²) in [6.45, 7) is 4.40. The number of hydrogen-bond donors (Lipinski definition) is 1. The zero-order chi connectivity index (χ0) is 19.8. The number of aryl methyl sites for hydroxylation is 2. The molecule has 0 saturated carbocycles. The molecule has 0 spiro atoms. The van der Waals surface area contributed by atoms with E-state index in [0.717, 1.165) is 27.8 Å². The highest BCUT2D eigenvalue weighted by atomic mass is 35.5. The smallest absolute Gasteiger partial charge is 0.260 e. The first-order valence-corrected chi connectivity index (χ1v) is 9.53. The van der Waals surface area contributed by atoms with Crippen molar-refractivity contribution in [3.8, 4) is 22.3 Å². The summed E-state index contributed by atoms with van der Waals surface area (Å²) in [5.74, 6) is 0. The maximum Gasteiger partial charge on any atom is 0.260 e. The van der Waals surface area contributed by atoms with E-state index >= 15 is 0 Å². The molecule has 4 rings (SSSR count). The molecule has 2 aromatic heterocycles. The lowest BCUT2D eigenvalue weighted by Gasteiger charge is -2.18. The van der Waals surface area contributed by atoms with Crippen LogP contribution in [0.2, 0.25) is 5.02 Å². The first kappa shape index (κ1) is 18.3. The number of anilines is 1. The van der Waals surface area contributed by atoms with E-state index in [4.69, 9.17) is 17.3 Å². The molecule has 4 aromatic rings. The van der Waals surface area contributed by atoms with Gasteiger partial charge in [0.2, 0.25) is 0 Å². The van der Waals surface area contributed by atoms with Gasteiger partial charge in [-0.15, -0.1) is 0 Å². The SMILES string of the molecule is CCn1c(=O)c(-c2cccc(N)c2)c(-c2cccc(Cl)c2)c2ccc(C)nc21. The van der Waals surface area contributed by atoms with Gasteiger partial charge in [-0.05, 0) is 61.4 Å². The molecule has 140 valence electrons. The van der Waals surface area contributed by atoms with Crippen molar-refractivity contribution in [2.75, 3.05) is 5.73 Å². The average Bonchev–Trinajstić information content (AvgIpc) is 2.67. The van der Waals surface area contributed by atoms with Gasteiger partial charge in [0.1, 0.15) is 5.65 Å². The van der Waals surface area contributed by atoms with E-state index in [9.17, 15) is 4.79 Å². The molecule has 28 heavy (non-hydrogen) atoms. The van der Waals surface area contributed by atoms with Crippen molar-refractivity contribution in [2.24, 2.45) is 0 Å². The number of nitrogens with two attached hydrogens (primary N) is 1. The van der Waals surface area contributed by atoms with E-state index in [1.54, 1.807) is 4.57 Å². The predicted molar refractivity (Wildman–Crippen MR) is 117 cm³/mol. The lowest BCUT2D eigenvalue weighted by atomic mass is 9.92. The van der Waals surface area contributed by atoms with Crippen LogP contribution in [0.5, 0.6) is 0 Å². The van der Waals surface area contributed by atoms with Crippen LogP contribution >= 0.6 is 11.6 Å². The van der Waals surface area contributed by atoms with Crippen LogP contribution in [0, 0.1) is 6.92 Å². The molecule has 2 heterocycles. The topological polar surface area (TPSA) is 60.9 Å². The molecule has 5 heteroatoms. The van der Waals surface area contributed by atoms with Crippen LogP contribution in [0.4, 0.5) is 5.69 Å². The minimum absolute atomic E-state index is 0.0892. The lowest BCUT2D eigenvalue weighted by molar-refractivity contribution is 0.750. The van der Waals surface area contributed by atoms with Crippen molar-refractivity contribution in [1.82, 2.24) is 9.55 Å². The minimum Gasteiger partial charge on any atom is -0.399 e. The molecule has 0 amide bonds. The molecule has 0 fully saturated rings. The highest BCUT2D eigenvalue weighted by Gasteiger charge is 2.20. The van der Waals surface area contributed by atoms with Crippen LogP contribution in [0.25, 0.3) is 33.3 Å². The third-order valence-corrected chi connectivity index (χ3v) is 5.09. The Labute approximate surface area is 168 Å². The van der Waals surface area contributed by atoms with Gasteiger partial charge in [0.15, 0.2) is 0 Å². The van der Waals surface area contributed by atoms with Crippen molar-refractivity contribution in [3.63, 3.8) is 0 Å². The summed E-state index contributed by atoms with van der Waals surface area (Å²) in [5, 5.41) is 1.52. The summed E-state index contributed by atoms with van der Waals surface area (Å²) in [5.41, 5.74) is 11.2. The molecular formula is C23H20ClN3O. The predicted octanol–water partition coefficient (Wildman–Crippen LogP) is 5.29. The Hall–Kier alpha value is -3.11. The summed E-state index contributed by atoms with van der Waals surface area (Å²) in [7, 11) is 0. The molecule has 4 nitrogen and oxygen atoms in total. The number of halogens is 1. The number of rotatable bonds is 3. The van der Waals surface area contributed by atoms with Crippen molar-refractivity contribution >= 4 is 28.3 Å². The van der Waals surface area contributed by atoms with E-state index in [1.165, 1.54) is 0 Å². The Kier molecular flexibility index (Phi) is 4.65. The zero-order valence-corrected chi connectivity index (χ0v) is 16.5. The monoisotopic (exact) mass is 389 g/mol. The molecule has 0 aliphatic rings. The molecule has 2 aromatic carbocycles. The highest BCUT2D eigenvalue weighted by Crippen LogP contribution is 2.36. The maximum atomic E-state index is 13.6. The third-order valence-electron chi connectivity index (χ3n) is 4.85. The van der Waals surface area contributed by atoms with Gasteiger partial charge in [-0.1, -0.05) is 35.9 Å². The third kappa shape index (κ3) is 3.06. The van der Waals surface area contributed by atoms with Crippen LogP contribution < -0.4 is 11.3 Å². The first-order valence-electron chi connectivity index (χ1n) is 9.15. The normalized spacial score (nSPS) is 11.1.